The number of nitrogens with one attached hydrogen (secondary N) is 1. The standard InChI is InChI=1S/C19H21N3O2/c1-13-3-5-15(6-4-13)11-22-12-16(10-18(22)23)19(24)21-17-9-14(2)7-8-20-17/h3-9,16H,10-12H2,1-2H3,(H,20,21,24)/t16-/m0/s1. The predicted molar refractivity (Wildman–Crippen MR) is 92.3 cm³/mol. The van der Waals surface area contributed by atoms with Crippen molar-refractivity contribution < 1.29 is 9.59 Å². The summed E-state index contributed by atoms with van der Waals surface area (Å²) in [5, 5.41) is 2.81. The molecule has 24 heavy (non-hydrogen) atoms. The van der Waals surface area contributed by atoms with Gasteiger partial charge in [-0.2, -0.15) is 0 Å². The normalized spacial score (nSPS) is 17.2. The molecule has 0 bridgehead atoms. The van der Waals surface area contributed by atoms with Crippen LogP contribution >= 0.6 is 0 Å². The minimum Gasteiger partial charge on any atom is -0.338 e. The maximum atomic E-state index is 12.4. The number of amides is 2. The van der Waals surface area contributed by atoms with Crippen molar-refractivity contribution in [1.82, 2.24) is 9.88 Å². The van der Waals surface area contributed by atoms with E-state index in [2.05, 4.69) is 10.3 Å². The molecule has 0 aliphatic carbocycles. The van der Waals surface area contributed by atoms with Crippen LogP contribution in [-0.2, 0) is 16.1 Å². The second-order valence-electron chi connectivity index (χ2n) is 6.37. The number of benzene rings is 1. The Morgan fingerprint density at radius 2 is 1.96 bits per heavy atom. The zero-order valence-corrected chi connectivity index (χ0v) is 14.0. The largest absolute Gasteiger partial charge is 0.338 e. The molecule has 1 aliphatic heterocycles. The van der Waals surface area contributed by atoms with Crippen molar-refractivity contribution in [3.05, 3.63) is 59.3 Å². The Balaban J connectivity index is 1.61. The summed E-state index contributed by atoms with van der Waals surface area (Å²) in [7, 11) is 0. The summed E-state index contributed by atoms with van der Waals surface area (Å²) >= 11 is 0. The average Bonchev–Trinajstić information content (AvgIpc) is 2.91. The third kappa shape index (κ3) is 3.79. The Kier molecular flexibility index (Phi) is 4.60. The first-order chi connectivity index (χ1) is 11.5. The van der Waals surface area contributed by atoms with Gasteiger partial charge in [-0.15, -0.1) is 0 Å². The molecule has 0 radical (unpaired) electrons. The van der Waals surface area contributed by atoms with Gasteiger partial charge in [0.1, 0.15) is 5.82 Å². The summed E-state index contributed by atoms with van der Waals surface area (Å²) in [4.78, 5) is 30.5. The molecule has 5 nitrogen and oxygen atoms in total. The van der Waals surface area contributed by atoms with Gasteiger partial charge in [-0.1, -0.05) is 29.8 Å². The molecule has 1 aromatic carbocycles. The summed E-state index contributed by atoms with van der Waals surface area (Å²) in [6.45, 7) is 4.97. The molecule has 3 rings (SSSR count). The van der Waals surface area contributed by atoms with E-state index in [-0.39, 0.29) is 24.2 Å². The zero-order chi connectivity index (χ0) is 17.1. The van der Waals surface area contributed by atoms with Gasteiger partial charge in [0.05, 0.1) is 5.92 Å². The molecule has 1 aromatic heterocycles. The van der Waals surface area contributed by atoms with Crippen LogP contribution in [0.1, 0.15) is 23.1 Å². The Bertz CT molecular complexity index is 755. The average molecular weight is 323 g/mol. The molecule has 0 saturated carbocycles. The van der Waals surface area contributed by atoms with Crippen LogP contribution in [0.4, 0.5) is 5.82 Å². The fourth-order valence-electron chi connectivity index (χ4n) is 2.85. The van der Waals surface area contributed by atoms with Crippen molar-refractivity contribution in [2.75, 3.05) is 11.9 Å². The van der Waals surface area contributed by atoms with Crippen LogP contribution in [0, 0.1) is 19.8 Å². The summed E-state index contributed by atoms with van der Waals surface area (Å²) in [6, 6.07) is 11.8. The van der Waals surface area contributed by atoms with Crippen molar-refractivity contribution in [1.29, 1.82) is 0 Å². The SMILES string of the molecule is Cc1ccc(CN2C[C@@H](C(=O)Nc3cc(C)ccn3)CC2=O)cc1. The van der Waals surface area contributed by atoms with E-state index < -0.39 is 0 Å². The fraction of sp³-hybridized carbons (Fsp3) is 0.316. The number of carbonyl (C=O) groups is 2. The Morgan fingerprint density at radius 1 is 1.21 bits per heavy atom. The zero-order valence-electron chi connectivity index (χ0n) is 14.0. The number of hydrogen-bond donors (Lipinski definition) is 1. The van der Waals surface area contributed by atoms with Crippen molar-refractivity contribution in [2.24, 2.45) is 5.92 Å². The topological polar surface area (TPSA) is 62.3 Å². The van der Waals surface area contributed by atoms with E-state index in [9.17, 15) is 9.59 Å². The highest BCUT2D eigenvalue weighted by Gasteiger charge is 2.34. The first kappa shape index (κ1) is 16.2. The van der Waals surface area contributed by atoms with Crippen molar-refractivity contribution in [3.63, 3.8) is 0 Å². The number of pyridine rings is 1. The molecule has 5 heteroatoms. The highest BCUT2D eigenvalue weighted by molar-refractivity contribution is 5.96. The Labute approximate surface area is 141 Å². The predicted octanol–water partition coefficient (Wildman–Crippen LogP) is 2.69. The van der Waals surface area contributed by atoms with Crippen molar-refractivity contribution in [3.8, 4) is 0 Å². The molecule has 1 fully saturated rings. The number of nitrogens with zero attached hydrogens (tertiary/aromatic N) is 2. The second kappa shape index (κ2) is 6.83. The molecule has 1 saturated heterocycles. The highest BCUT2D eigenvalue weighted by Crippen LogP contribution is 2.22. The van der Waals surface area contributed by atoms with E-state index in [0.717, 1.165) is 11.1 Å². The lowest BCUT2D eigenvalue weighted by molar-refractivity contribution is -0.128. The van der Waals surface area contributed by atoms with Gasteiger partial charge in [0.2, 0.25) is 11.8 Å². The number of aromatic nitrogens is 1. The summed E-state index contributed by atoms with van der Waals surface area (Å²) in [5.41, 5.74) is 3.30. The van der Waals surface area contributed by atoms with E-state index >= 15 is 0 Å². The number of anilines is 1. The van der Waals surface area contributed by atoms with Crippen LogP contribution < -0.4 is 5.32 Å². The third-order valence-corrected chi connectivity index (χ3v) is 4.25. The number of likely N-dealkylation sites (tertiary alicyclic amines) is 1. The van der Waals surface area contributed by atoms with Crippen LogP contribution in [0.5, 0.6) is 0 Å². The minimum absolute atomic E-state index is 0.0212. The molecule has 1 atom stereocenters. The number of rotatable bonds is 4. The molecule has 0 unspecified atom stereocenters. The maximum Gasteiger partial charge on any atom is 0.230 e. The van der Waals surface area contributed by atoms with Crippen LogP contribution in [-0.4, -0.2) is 28.2 Å². The molecular formula is C19H21N3O2. The molecule has 124 valence electrons. The Morgan fingerprint density at radius 3 is 2.67 bits per heavy atom. The second-order valence-corrected chi connectivity index (χ2v) is 6.37. The molecule has 1 aliphatic rings. The van der Waals surface area contributed by atoms with Crippen molar-refractivity contribution >= 4 is 17.6 Å². The highest BCUT2D eigenvalue weighted by atomic mass is 16.2. The summed E-state index contributed by atoms with van der Waals surface area (Å²) in [6.07, 6.45) is 1.91. The minimum atomic E-state index is -0.328. The number of carbonyl (C=O) groups excluding carboxylic acids is 2. The summed E-state index contributed by atoms with van der Waals surface area (Å²) < 4.78 is 0. The van der Waals surface area contributed by atoms with Gasteiger partial charge >= 0.3 is 0 Å². The Hall–Kier alpha value is -2.69. The smallest absolute Gasteiger partial charge is 0.230 e. The maximum absolute atomic E-state index is 12.4. The van der Waals surface area contributed by atoms with Gasteiger partial charge in [-0.25, -0.2) is 4.98 Å². The van der Waals surface area contributed by atoms with E-state index in [1.807, 2.05) is 50.2 Å². The van der Waals surface area contributed by atoms with Gasteiger partial charge in [0.15, 0.2) is 0 Å². The van der Waals surface area contributed by atoms with Gasteiger partial charge < -0.3 is 10.2 Å². The van der Waals surface area contributed by atoms with Gasteiger partial charge in [-0.05, 0) is 37.1 Å². The number of aryl methyl sites for hydroxylation is 2. The quantitative estimate of drug-likeness (QED) is 0.941. The molecule has 1 N–H and O–H groups in total. The lowest BCUT2D eigenvalue weighted by Crippen LogP contribution is -2.28. The first-order valence-corrected chi connectivity index (χ1v) is 8.08. The monoisotopic (exact) mass is 323 g/mol. The molecule has 0 spiro atoms. The third-order valence-electron chi connectivity index (χ3n) is 4.25. The van der Waals surface area contributed by atoms with Crippen LogP contribution in [0.15, 0.2) is 42.6 Å². The van der Waals surface area contributed by atoms with Crippen LogP contribution in [0.3, 0.4) is 0 Å². The first-order valence-electron chi connectivity index (χ1n) is 8.08. The van der Waals surface area contributed by atoms with Crippen LogP contribution in [0.2, 0.25) is 0 Å². The van der Waals surface area contributed by atoms with E-state index in [0.29, 0.717) is 18.9 Å². The van der Waals surface area contributed by atoms with E-state index in [4.69, 9.17) is 0 Å². The van der Waals surface area contributed by atoms with Gasteiger partial charge in [0, 0.05) is 25.7 Å². The molecule has 2 aromatic rings. The molecule has 2 heterocycles. The molecular weight excluding hydrogens is 302 g/mol. The fourth-order valence-corrected chi connectivity index (χ4v) is 2.85. The van der Waals surface area contributed by atoms with Gasteiger partial charge in [0.25, 0.3) is 0 Å². The van der Waals surface area contributed by atoms with E-state index in [1.165, 1.54) is 5.56 Å². The van der Waals surface area contributed by atoms with Gasteiger partial charge in [-0.3, -0.25) is 9.59 Å². The number of hydrogen-bond acceptors (Lipinski definition) is 3. The van der Waals surface area contributed by atoms with Crippen LogP contribution in [0.25, 0.3) is 0 Å². The lowest BCUT2D eigenvalue weighted by Gasteiger charge is -2.16. The lowest BCUT2D eigenvalue weighted by atomic mass is 10.1. The van der Waals surface area contributed by atoms with E-state index in [1.54, 1.807) is 11.1 Å². The van der Waals surface area contributed by atoms with Crippen molar-refractivity contribution in [2.45, 2.75) is 26.8 Å². The summed E-state index contributed by atoms with van der Waals surface area (Å²) in [5.74, 6) is 0.0791. The molecule has 2 amide bonds.